The summed E-state index contributed by atoms with van der Waals surface area (Å²) in [4.78, 5) is 0. The summed E-state index contributed by atoms with van der Waals surface area (Å²) in [7, 11) is -3.52. The second kappa shape index (κ2) is 15.5. The Kier molecular flexibility index (Phi) is 15.9. The van der Waals surface area contributed by atoms with Gasteiger partial charge in [0.2, 0.25) is 0 Å². The van der Waals surface area contributed by atoms with Gasteiger partial charge in [0, 0.05) is 11.4 Å². The normalized spacial score (nSPS) is 17.8. The fraction of sp³-hybridized carbons (Fsp3) is 0.619. The van der Waals surface area contributed by atoms with Gasteiger partial charge in [0.25, 0.3) is 0 Å². The molecule has 1 aliphatic heterocycles. The number of allylic oxidation sites excluding steroid dienone is 1. The Hall–Kier alpha value is -1.53. The quantitative estimate of drug-likeness (QED) is 0.644. The monoisotopic (exact) mass is 400 g/mol. The maximum absolute atomic E-state index is 11.2. The van der Waals surface area contributed by atoms with Gasteiger partial charge >= 0.3 is 10.2 Å². The number of rotatable bonds is 5. The zero-order valence-corrected chi connectivity index (χ0v) is 18.4. The molecule has 1 aliphatic carbocycles. The molecule has 0 radical (unpaired) electrons. The van der Waals surface area contributed by atoms with Crippen LogP contribution in [0.15, 0.2) is 49.9 Å². The summed E-state index contributed by atoms with van der Waals surface area (Å²) in [6.07, 6.45) is 9.78. The lowest BCUT2D eigenvalue weighted by Gasteiger charge is -2.21. The minimum Gasteiger partial charge on any atom is -0.390 e. The highest BCUT2D eigenvalue weighted by Crippen LogP contribution is 2.28. The molecule has 27 heavy (non-hydrogen) atoms. The third-order valence-electron chi connectivity index (χ3n) is 4.24. The van der Waals surface area contributed by atoms with Gasteiger partial charge in [-0.25, -0.2) is 4.31 Å². The van der Waals surface area contributed by atoms with E-state index in [1.165, 1.54) is 50.5 Å². The zero-order chi connectivity index (χ0) is 21.5. The van der Waals surface area contributed by atoms with Crippen molar-refractivity contribution >= 4 is 10.2 Å². The number of nitrogens with one attached hydrogen (secondary N) is 1. The first kappa shape index (κ1) is 27.7. The molecule has 1 heterocycles. The van der Waals surface area contributed by atoms with E-state index in [1.807, 2.05) is 13.8 Å². The molecule has 2 fully saturated rings. The maximum atomic E-state index is 11.2. The minimum atomic E-state index is -3.52. The average Bonchev–Trinajstić information content (AvgIpc) is 2.97. The standard InChI is InChI=1S/C11H20.C6H10N2O3S.C2H6.C2H4/c1-3-10(2)9-11-7-5-4-6-8-11;1-5-3-8(6(2)4-9)12(10,11)7-5;2*1-2/h11H,2-9H2,1H3;7,9H,1-4H2;1-2H3;1-2H2. The number of nitrogens with zero attached hydrogens (tertiary/aromatic N) is 1. The van der Waals surface area contributed by atoms with Gasteiger partial charge < -0.3 is 5.11 Å². The van der Waals surface area contributed by atoms with E-state index in [0.717, 1.165) is 10.2 Å². The molecule has 0 bridgehead atoms. The fourth-order valence-electron chi connectivity index (χ4n) is 2.83. The van der Waals surface area contributed by atoms with Crippen molar-refractivity contribution < 1.29 is 13.5 Å². The van der Waals surface area contributed by atoms with Crippen molar-refractivity contribution in [2.45, 2.75) is 65.7 Å². The lowest BCUT2D eigenvalue weighted by Crippen LogP contribution is -2.29. The molecule has 0 spiro atoms. The van der Waals surface area contributed by atoms with Crippen LogP contribution in [-0.4, -0.2) is 31.0 Å². The molecule has 0 atom stereocenters. The largest absolute Gasteiger partial charge is 0.390 e. The second-order valence-corrected chi connectivity index (χ2v) is 7.85. The molecule has 2 N–H and O–H groups in total. The Morgan fingerprint density at radius 3 is 2.07 bits per heavy atom. The van der Waals surface area contributed by atoms with Crippen molar-refractivity contribution in [2.24, 2.45) is 5.92 Å². The third kappa shape index (κ3) is 11.0. The molecule has 0 amide bonds. The van der Waals surface area contributed by atoms with Crippen LogP contribution in [0.2, 0.25) is 0 Å². The predicted octanol–water partition coefficient (Wildman–Crippen LogP) is 4.91. The molecule has 0 aromatic heterocycles. The number of hydrogen-bond acceptors (Lipinski definition) is 3. The molecule has 0 unspecified atom stereocenters. The van der Waals surface area contributed by atoms with E-state index in [1.54, 1.807) is 0 Å². The lowest BCUT2D eigenvalue weighted by atomic mass is 9.84. The Morgan fingerprint density at radius 2 is 1.70 bits per heavy atom. The van der Waals surface area contributed by atoms with Crippen LogP contribution in [0.4, 0.5) is 0 Å². The van der Waals surface area contributed by atoms with Gasteiger partial charge in [-0.1, -0.05) is 78.2 Å². The van der Waals surface area contributed by atoms with Crippen molar-refractivity contribution in [1.82, 2.24) is 9.03 Å². The molecular formula is C21H40N2O3S. The molecule has 2 aliphatic rings. The van der Waals surface area contributed by atoms with Gasteiger partial charge in [0.05, 0.1) is 13.2 Å². The SMILES string of the molecule is C=C.C=C(CC)CC1CCCCC1.C=C1CN(C(=C)CO)S(=O)(=O)N1.CC. The van der Waals surface area contributed by atoms with Crippen LogP contribution in [0.3, 0.4) is 0 Å². The molecule has 6 heteroatoms. The second-order valence-electron chi connectivity index (χ2n) is 6.25. The van der Waals surface area contributed by atoms with E-state index < -0.39 is 10.2 Å². The van der Waals surface area contributed by atoms with Gasteiger partial charge in [-0.15, -0.1) is 13.2 Å². The average molecular weight is 401 g/mol. The highest BCUT2D eigenvalue weighted by Gasteiger charge is 2.30. The molecule has 0 aromatic carbocycles. The summed E-state index contributed by atoms with van der Waals surface area (Å²) in [5.74, 6) is 0.983. The van der Waals surface area contributed by atoms with Crippen molar-refractivity contribution in [3.8, 4) is 0 Å². The summed E-state index contributed by atoms with van der Waals surface area (Å²) in [5.41, 5.74) is 1.97. The third-order valence-corrected chi connectivity index (χ3v) is 5.75. The first-order valence-corrected chi connectivity index (χ1v) is 11.2. The summed E-state index contributed by atoms with van der Waals surface area (Å²) >= 11 is 0. The zero-order valence-electron chi connectivity index (χ0n) is 17.6. The molecule has 2 rings (SSSR count). The summed E-state index contributed by atoms with van der Waals surface area (Å²) < 4.78 is 25.5. The maximum Gasteiger partial charge on any atom is 0.323 e. The number of hydrogen-bond donors (Lipinski definition) is 2. The van der Waals surface area contributed by atoms with E-state index in [2.05, 4.69) is 44.5 Å². The minimum absolute atomic E-state index is 0.140. The first-order chi connectivity index (χ1) is 12.8. The van der Waals surface area contributed by atoms with E-state index in [-0.39, 0.29) is 18.8 Å². The molecule has 1 saturated heterocycles. The molecule has 0 aromatic rings. The smallest absolute Gasteiger partial charge is 0.323 e. The Balaban J connectivity index is 0. The van der Waals surface area contributed by atoms with Crippen LogP contribution < -0.4 is 4.72 Å². The predicted molar refractivity (Wildman–Crippen MR) is 117 cm³/mol. The summed E-state index contributed by atoms with van der Waals surface area (Å²) in [6, 6.07) is 0. The fourth-order valence-corrected chi connectivity index (χ4v) is 4.10. The molecule has 5 nitrogen and oxygen atoms in total. The van der Waals surface area contributed by atoms with Crippen molar-refractivity contribution in [2.75, 3.05) is 13.2 Å². The van der Waals surface area contributed by atoms with Gasteiger partial charge in [-0.05, 0) is 18.8 Å². The van der Waals surface area contributed by atoms with Crippen molar-refractivity contribution in [3.63, 3.8) is 0 Å². The van der Waals surface area contributed by atoms with Crippen LogP contribution >= 0.6 is 0 Å². The number of aliphatic hydroxyl groups is 1. The van der Waals surface area contributed by atoms with Gasteiger partial charge in [-0.2, -0.15) is 8.42 Å². The van der Waals surface area contributed by atoms with Crippen LogP contribution in [0.25, 0.3) is 0 Å². The molecule has 158 valence electrons. The summed E-state index contributed by atoms with van der Waals surface area (Å²) in [5, 5.41) is 8.65. The Bertz CT molecular complexity index is 550. The van der Waals surface area contributed by atoms with E-state index in [4.69, 9.17) is 5.11 Å². The summed E-state index contributed by atoms with van der Waals surface area (Å²) in [6.45, 7) is 22.9. The topological polar surface area (TPSA) is 69.6 Å². The lowest BCUT2D eigenvalue weighted by molar-refractivity contribution is 0.304. The first-order valence-electron chi connectivity index (χ1n) is 9.73. The van der Waals surface area contributed by atoms with E-state index in [9.17, 15) is 8.42 Å². The van der Waals surface area contributed by atoms with Crippen LogP contribution in [-0.2, 0) is 10.2 Å². The van der Waals surface area contributed by atoms with Gasteiger partial charge in [0.15, 0.2) is 0 Å². The van der Waals surface area contributed by atoms with Crippen LogP contribution in [0.1, 0.15) is 65.7 Å². The van der Waals surface area contributed by atoms with E-state index in [0.29, 0.717) is 5.70 Å². The Labute approximate surface area is 167 Å². The molecular weight excluding hydrogens is 360 g/mol. The van der Waals surface area contributed by atoms with E-state index >= 15 is 0 Å². The van der Waals surface area contributed by atoms with Gasteiger partial charge in [0.1, 0.15) is 0 Å². The highest BCUT2D eigenvalue weighted by molar-refractivity contribution is 7.87. The number of aliphatic hydroxyl groups excluding tert-OH is 1. The van der Waals surface area contributed by atoms with Crippen molar-refractivity contribution in [1.29, 1.82) is 0 Å². The van der Waals surface area contributed by atoms with Crippen molar-refractivity contribution in [3.05, 3.63) is 49.9 Å². The van der Waals surface area contributed by atoms with Gasteiger partial charge in [-0.3, -0.25) is 4.72 Å². The Morgan fingerprint density at radius 1 is 1.19 bits per heavy atom. The molecule has 1 saturated carbocycles. The highest BCUT2D eigenvalue weighted by atomic mass is 32.2. The van der Waals surface area contributed by atoms with Crippen LogP contribution in [0.5, 0.6) is 0 Å². The van der Waals surface area contributed by atoms with Crippen LogP contribution in [0, 0.1) is 5.92 Å².